The molecule has 0 aromatic heterocycles. The van der Waals surface area contributed by atoms with E-state index < -0.39 is 0 Å². The molecule has 1 aliphatic rings. The molecule has 2 nitrogen and oxygen atoms in total. The third-order valence-corrected chi connectivity index (χ3v) is 4.63. The van der Waals surface area contributed by atoms with E-state index in [0.717, 1.165) is 30.6 Å². The standard InChI is InChI=1S/C16H23Cl2NO/c1-2-11-5-3-4-6-15(11)20-16-12(7-8-19)9-13(17)10-14(16)18/h9-11,15H,2-8,19H2,1H3. The van der Waals surface area contributed by atoms with Gasteiger partial charge < -0.3 is 10.5 Å². The molecule has 0 amide bonds. The second-order valence-electron chi connectivity index (χ2n) is 5.52. The first-order valence-corrected chi connectivity index (χ1v) is 8.26. The van der Waals surface area contributed by atoms with Crippen LogP contribution in [0.5, 0.6) is 5.75 Å². The van der Waals surface area contributed by atoms with Gasteiger partial charge in [-0.1, -0.05) is 36.5 Å². The lowest BCUT2D eigenvalue weighted by Gasteiger charge is -2.32. The van der Waals surface area contributed by atoms with Crippen LogP contribution in [0.1, 0.15) is 44.6 Å². The first kappa shape index (κ1) is 15.9. The van der Waals surface area contributed by atoms with Crippen LogP contribution in [0.25, 0.3) is 0 Å². The normalized spacial score (nSPS) is 22.8. The van der Waals surface area contributed by atoms with E-state index in [4.69, 9.17) is 33.7 Å². The quantitative estimate of drug-likeness (QED) is 0.843. The van der Waals surface area contributed by atoms with Crippen LogP contribution in [0, 0.1) is 5.92 Å². The molecule has 0 spiro atoms. The van der Waals surface area contributed by atoms with Crippen LogP contribution >= 0.6 is 23.2 Å². The Kier molecular flexibility index (Phi) is 6.01. The molecule has 1 aliphatic carbocycles. The second-order valence-corrected chi connectivity index (χ2v) is 6.37. The zero-order chi connectivity index (χ0) is 14.5. The van der Waals surface area contributed by atoms with E-state index in [1.807, 2.05) is 6.07 Å². The lowest BCUT2D eigenvalue weighted by atomic mass is 9.84. The van der Waals surface area contributed by atoms with E-state index >= 15 is 0 Å². The highest BCUT2D eigenvalue weighted by atomic mass is 35.5. The van der Waals surface area contributed by atoms with Gasteiger partial charge in [-0.05, 0) is 62.3 Å². The number of hydrogen-bond acceptors (Lipinski definition) is 2. The van der Waals surface area contributed by atoms with Crippen molar-refractivity contribution in [2.75, 3.05) is 6.54 Å². The molecule has 2 unspecified atom stereocenters. The SMILES string of the molecule is CCC1CCCCC1Oc1c(Cl)cc(Cl)cc1CCN. The fraction of sp³-hybridized carbons (Fsp3) is 0.625. The van der Waals surface area contributed by atoms with Gasteiger partial charge >= 0.3 is 0 Å². The largest absolute Gasteiger partial charge is 0.488 e. The fourth-order valence-electron chi connectivity index (χ4n) is 3.03. The van der Waals surface area contributed by atoms with Gasteiger partial charge in [-0.15, -0.1) is 0 Å². The average molecular weight is 316 g/mol. The van der Waals surface area contributed by atoms with Crippen molar-refractivity contribution in [3.63, 3.8) is 0 Å². The van der Waals surface area contributed by atoms with E-state index in [0.29, 0.717) is 22.5 Å². The van der Waals surface area contributed by atoms with Gasteiger partial charge in [0, 0.05) is 5.02 Å². The number of halogens is 2. The van der Waals surface area contributed by atoms with Crippen LogP contribution in [0.2, 0.25) is 10.0 Å². The minimum Gasteiger partial charge on any atom is -0.488 e. The molecule has 1 aromatic carbocycles. The van der Waals surface area contributed by atoms with Crippen molar-refractivity contribution in [1.29, 1.82) is 0 Å². The van der Waals surface area contributed by atoms with Crippen molar-refractivity contribution in [3.05, 3.63) is 27.7 Å². The lowest BCUT2D eigenvalue weighted by Crippen LogP contribution is -2.30. The van der Waals surface area contributed by atoms with E-state index in [1.54, 1.807) is 6.07 Å². The van der Waals surface area contributed by atoms with Crippen molar-refractivity contribution in [3.8, 4) is 5.75 Å². The minimum atomic E-state index is 0.268. The third kappa shape index (κ3) is 3.81. The molecule has 1 fully saturated rings. The molecule has 4 heteroatoms. The van der Waals surface area contributed by atoms with Gasteiger partial charge in [-0.2, -0.15) is 0 Å². The van der Waals surface area contributed by atoms with Crippen molar-refractivity contribution in [2.45, 2.75) is 51.6 Å². The Morgan fingerprint density at radius 1 is 1.25 bits per heavy atom. The summed E-state index contributed by atoms with van der Waals surface area (Å²) in [7, 11) is 0. The van der Waals surface area contributed by atoms with Gasteiger partial charge in [-0.25, -0.2) is 0 Å². The van der Waals surface area contributed by atoms with Crippen molar-refractivity contribution in [2.24, 2.45) is 11.7 Å². The number of ether oxygens (including phenoxy) is 1. The Hall–Kier alpha value is -0.440. The number of nitrogens with two attached hydrogens (primary N) is 1. The highest BCUT2D eigenvalue weighted by molar-refractivity contribution is 6.35. The molecule has 0 radical (unpaired) electrons. The van der Waals surface area contributed by atoms with Crippen LogP contribution in [-0.2, 0) is 6.42 Å². The molecular formula is C16H23Cl2NO. The maximum Gasteiger partial charge on any atom is 0.141 e. The van der Waals surface area contributed by atoms with Crippen molar-refractivity contribution >= 4 is 23.2 Å². The molecule has 0 heterocycles. The van der Waals surface area contributed by atoms with Gasteiger partial charge in [-0.3, -0.25) is 0 Å². The number of benzene rings is 1. The van der Waals surface area contributed by atoms with Crippen LogP contribution in [0.4, 0.5) is 0 Å². The third-order valence-electron chi connectivity index (χ3n) is 4.13. The van der Waals surface area contributed by atoms with Crippen molar-refractivity contribution < 1.29 is 4.74 Å². The molecule has 2 atom stereocenters. The van der Waals surface area contributed by atoms with Gasteiger partial charge in [0.15, 0.2) is 0 Å². The molecular weight excluding hydrogens is 293 g/mol. The summed E-state index contributed by atoms with van der Waals surface area (Å²) in [5.41, 5.74) is 6.69. The van der Waals surface area contributed by atoms with Gasteiger partial charge in [0.1, 0.15) is 11.9 Å². The van der Waals surface area contributed by atoms with E-state index in [-0.39, 0.29) is 6.10 Å². The first-order chi connectivity index (χ1) is 9.65. The van der Waals surface area contributed by atoms with E-state index in [1.165, 1.54) is 19.3 Å². The Morgan fingerprint density at radius 3 is 2.70 bits per heavy atom. The Bertz CT molecular complexity index is 450. The highest BCUT2D eigenvalue weighted by Crippen LogP contribution is 2.37. The van der Waals surface area contributed by atoms with Crippen molar-refractivity contribution in [1.82, 2.24) is 0 Å². The molecule has 20 heavy (non-hydrogen) atoms. The lowest BCUT2D eigenvalue weighted by molar-refractivity contribution is 0.0895. The molecule has 0 saturated heterocycles. The maximum absolute atomic E-state index is 6.33. The van der Waals surface area contributed by atoms with Gasteiger partial charge in [0.25, 0.3) is 0 Å². The van der Waals surface area contributed by atoms with Crippen LogP contribution in [0.3, 0.4) is 0 Å². The van der Waals surface area contributed by atoms with Crippen LogP contribution in [0.15, 0.2) is 12.1 Å². The molecule has 1 saturated carbocycles. The smallest absolute Gasteiger partial charge is 0.141 e. The molecule has 2 rings (SSSR count). The summed E-state index contributed by atoms with van der Waals surface area (Å²) in [5, 5.41) is 1.24. The Labute approximate surface area is 131 Å². The average Bonchev–Trinajstić information content (AvgIpc) is 2.43. The summed E-state index contributed by atoms with van der Waals surface area (Å²) in [6.07, 6.45) is 7.06. The summed E-state index contributed by atoms with van der Waals surface area (Å²) < 4.78 is 6.28. The molecule has 2 N–H and O–H groups in total. The predicted octanol–water partition coefficient (Wildman–Crippen LogP) is 4.84. The van der Waals surface area contributed by atoms with E-state index in [9.17, 15) is 0 Å². The fourth-order valence-corrected chi connectivity index (χ4v) is 3.61. The van der Waals surface area contributed by atoms with Gasteiger partial charge in [0.2, 0.25) is 0 Å². The topological polar surface area (TPSA) is 35.2 Å². The molecule has 1 aromatic rings. The Balaban J connectivity index is 2.22. The molecule has 0 aliphatic heterocycles. The Morgan fingerprint density at radius 2 is 2.00 bits per heavy atom. The predicted molar refractivity (Wildman–Crippen MR) is 85.9 cm³/mol. The number of rotatable bonds is 5. The second kappa shape index (κ2) is 7.53. The first-order valence-electron chi connectivity index (χ1n) is 7.50. The van der Waals surface area contributed by atoms with Gasteiger partial charge in [0.05, 0.1) is 5.02 Å². The molecule has 112 valence electrons. The van der Waals surface area contributed by atoms with Crippen LogP contribution in [-0.4, -0.2) is 12.6 Å². The minimum absolute atomic E-state index is 0.268. The summed E-state index contributed by atoms with van der Waals surface area (Å²) in [5.74, 6) is 1.41. The summed E-state index contributed by atoms with van der Waals surface area (Å²) in [6.45, 7) is 2.80. The monoisotopic (exact) mass is 315 g/mol. The maximum atomic E-state index is 6.33. The summed E-state index contributed by atoms with van der Waals surface area (Å²) >= 11 is 12.4. The summed E-state index contributed by atoms with van der Waals surface area (Å²) in [6, 6.07) is 3.67. The zero-order valence-corrected chi connectivity index (χ0v) is 13.5. The zero-order valence-electron chi connectivity index (χ0n) is 12.0. The summed E-state index contributed by atoms with van der Waals surface area (Å²) in [4.78, 5) is 0. The van der Waals surface area contributed by atoms with E-state index in [2.05, 4.69) is 6.92 Å². The number of hydrogen-bond donors (Lipinski definition) is 1. The highest BCUT2D eigenvalue weighted by Gasteiger charge is 2.26. The molecule has 0 bridgehead atoms. The van der Waals surface area contributed by atoms with Crippen LogP contribution < -0.4 is 10.5 Å².